The van der Waals surface area contributed by atoms with E-state index in [1.54, 1.807) is 18.5 Å². The summed E-state index contributed by atoms with van der Waals surface area (Å²) >= 11 is 0. The van der Waals surface area contributed by atoms with Gasteiger partial charge in [0.25, 0.3) is 0 Å². The summed E-state index contributed by atoms with van der Waals surface area (Å²) in [4.78, 5) is 8.40. The molecule has 0 saturated carbocycles. The summed E-state index contributed by atoms with van der Waals surface area (Å²) in [5.74, 6) is 0.272. The van der Waals surface area contributed by atoms with Gasteiger partial charge in [-0.1, -0.05) is 6.07 Å². The van der Waals surface area contributed by atoms with Crippen LogP contribution in [0.5, 0.6) is 5.75 Å². The van der Waals surface area contributed by atoms with E-state index in [9.17, 15) is 5.11 Å². The Morgan fingerprint density at radius 1 is 0.944 bits per heavy atom. The van der Waals surface area contributed by atoms with Crippen LogP contribution in [0.25, 0.3) is 22.0 Å². The van der Waals surface area contributed by atoms with Crippen LogP contribution >= 0.6 is 0 Å². The van der Waals surface area contributed by atoms with Crippen molar-refractivity contribution in [2.24, 2.45) is 0 Å². The predicted octanol–water partition coefficient (Wildman–Crippen LogP) is 3.31. The van der Waals surface area contributed by atoms with Crippen molar-refractivity contribution in [3.63, 3.8) is 0 Å². The van der Waals surface area contributed by atoms with Crippen molar-refractivity contribution in [1.82, 2.24) is 9.97 Å². The minimum atomic E-state index is 0.272. The Kier molecular flexibility index (Phi) is 2.45. The molecule has 0 unspecified atom stereocenters. The number of aromatic nitrogens is 2. The van der Waals surface area contributed by atoms with Crippen LogP contribution in [0.3, 0.4) is 0 Å². The maximum absolute atomic E-state index is 9.97. The molecule has 3 nitrogen and oxygen atoms in total. The zero-order valence-electron chi connectivity index (χ0n) is 9.96. The zero-order chi connectivity index (χ0) is 12.5. The first kappa shape index (κ1) is 10.7. The summed E-state index contributed by atoms with van der Waals surface area (Å²) in [5, 5.41) is 10.7. The molecule has 0 amide bonds. The van der Waals surface area contributed by atoms with Gasteiger partial charge in [-0.05, 0) is 42.3 Å². The Balaban J connectivity index is 2.23. The minimum Gasteiger partial charge on any atom is -0.507 e. The average molecular weight is 236 g/mol. The van der Waals surface area contributed by atoms with E-state index in [0.717, 1.165) is 27.7 Å². The fourth-order valence-electron chi connectivity index (χ4n) is 2.06. The molecule has 3 heteroatoms. The van der Waals surface area contributed by atoms with E-state index in [1.807, 2.05) is 37.3 Å². The molecule has 18 heavy (non-hydrogen) atoms. The molecule has 3 rings (SSSR count). The quantitative estimate of drug-likeness (QED) is 0.705. The standard InChI is InChI=1S/C15H12N2O/c1-10-8-15(18)13-9-12(2-3-14(13)17-10)11-4-6-16-7-5-11/h2-9H,1H3,(H,17,18). The number of hydrogen-bond acceptors (Lipinski definition) is 3. The van der Waals surface area contributed by atoms with Crippen LogP contribution in [0, 0.1) is 6.92 Å². The van der Waals surface area contributed by atoms with Gasteiger partial charge < -0.3 is 5.11 Å². The highest BCUT2D eigenvalue weighted by Gasteiger charge is 2.05. The van der Waals surface area contributed by atoms with Crippen LogP contribution in [0.2, 0.25) is 0 Å². The molecule has 1 aromatic carbocycles. The Morgan fingerprint density at radius 2 is 1.72 bits per heavy atom. The monoisotopic (exact) mass is 236 g/mol. The van der Waals surface area contributed by atoms with Gasteiger partial charge in [-0.2, -0.15) is 0 Å². The molecule has 0 aliphatic heterocycles. The lowest BCUT2D eigenvalue weighted by molar-refractivity contribution is 0.480. The highest BCUT2D eigenvalue weighted by molar-refractivity contribution is 5.89. The van der Waals surface area contributed by atoms with Gasteiger partial charge in [0.2, 0.25) is 0 Å². The third kappa shape index (κ3) is 1.80. The molecule has 1 N–H and O–H groups in total. The third-order valence-corrected chi connectivity index (χ3v) is 2.93. The number of fused-ring (bicyclic) bond motifs is 1. The maximum atomic E-state index is 9.97. The van der Waals surface area contributed by atoms with Crippen molar-refractivity contribution in [2.45, 2.75) is 6.92 Å². The molecular weight excluding hydrogens is 224 g/mol. The van der Waals surface area contributed by atoms with Gasteiger partial charge in [0, 0.05) is 29.5 Å². The first-order chi connectivity index (χ1) is 8.74. The maximum Gasteiger partial charge on any atom is 0.126 e. The summed E-state index contributed by atoms with van der Waals surface area (Å²) in [6, 6.07) is 11.5. The van der Waals surface area contributed by atoms with E-state index >= 15 is 0 Å². The van der Waals surface area contributed by atoms with Crippen molar-refractivity contribution in [3.05, 3.63) is 54.5 Å². The molecule has 0 spiro atoms. The summed E-state index contributed by atoms with van der Waals surface area (Å²) in [5.41, 5.74) is 3.75. The fraction of sp³-hybridized carbons (Fsp3) is 0.0667. The Bertz CT molecular complexity index is 708. The van der Waals surface area contributed by atoms with Crippen LogP contribution in [0.15, 0.2) is 48.8 Å². The lowest BCUT2D eigenvalue weighted by Crippen LogP contribution is -1.86. The molecule has 0 aliphatic rings. The molecule has 88 valence electrons. The largest absolute Gasteiger partial charge is 0.507 e. The van der Waals surface area contributed by atoms with E-state index in [1.165, 1.54) is 0 Å². The number of pyridine rings is 2. The van der Waals surface area contributed by atoms with Gasteiger partial charge in [-0.15, -0.1) is 0 Å². The van der Waals surface area contributed by atoms with Gasteiger partial charge in [0.15, 0.2) is 0 Å². The van der Waals surface area contributed by atoms with E-state index in [-0.39, 0.29) is 5.75 Å². The topological polar surface area (TPSA) is 46.0 Å². The molecule has 0 radical (unpaired) electrons. The molecule has 0 bridgehead atoms. The van der Waals surface area contributed by atoms with Crippen LogP contribution in [0.1, 0.15) is 5.69 Å². The molecule has 0 atom stereocenters. The van der Waals surface area contributed by atoms with Gasteiger partial charge in [0.1, 0.15) is 5.75 Å². The summed E-state index contributed by atoms with van der Waals surface area (Å²) in [7, 11) is 0. The van der Waals surface area contributed by atoms with Crippen LogP contribution in [0.4, 0.5) is 0 Å². The minimum absolute atomic E-state index is 0.272. The van der Waals surface area contributed by atoms with Gasteiger partial charge in [-0.25, -0.2) is 0 Å². The van der Waals surface area contributed by atoms with Crippen molar-refractivity contribution in [1.29, 1.82) is 0 Å². The second-order valence-electron chi connectivity index (χ2n) is 4.25. The van der Waals surface area contributed by atoms with Crippen molar-refractivity contribution >= 4 is 10.9 Å². The van der Waals surface area contributed by atoms with Gasteiger partial charge in [0.05, 0.1) is 5.52 Å². The van der Waals surface area contributed by atoms with Crippen LogP contribution < -0.4 is 0 Å². The van der Waals surface area contributed by atoms with E-state index in [2.05, 4.69) is 9.97 Å². The highest BCUT2D eigenvalue weighted by atomic mass is 16.3. The van der Waals surface area contributed by atoms with Crippen molar-refractivity contribution in [2.75, 3.05) is 0 Å². The fourth-order valence-corrected chi connectivity index (χ4v) is 2.06. The number of aryl methyl sites for hydroxylation is 1. The predicted molar refractivity (Wildman–Crippen MR) is 71.4 cm³/mol. The molecule has 2 aromatic heterocycles. The number of aromatic hydroxyl groups is 1. The molecule has 0 aliphatic carbocycles. The van der Waals surface area contributed by atoms with Crippen LogP contribution in [-0.4, -0.2) is 15.1 Å². The summed E-state index contributed by atoms with van der Waals surface area (Å²) in [6.45, 7) is 1.87. The average Bonchev–Trinajstić information content (AvgIpc) is 2.39. The van der Waals surface area contributed by atoms with Gasteiger partial charge in [-0.3, -0.25) is 9.97 Å². The number of nitrogens with zero attached hydrogens (tertiary/aromatic N) is 2. The lowest BCUT2D eigenvalue weighted by atomic mass is 10.0. The Labute approximate surface area is 105 Å². The van der Waals surface area contributed by atoms with Crippen molar-refractivity contribution in [3.8, 4) is 16.9 Å². The second kappa shape index (κ2) is 4.11. The lowest BCUT2D eigenvalue weighted by Gasteiger charge is -2.06. The van der Waals surface area contributed by atoms with Gasteiger partial charge >= 0.3 is 0 Å². The Hall–Kier alpha value is -2.42. The third-order valence-electron chi connectivity index (χ3n) is 2.93. The normalized spacial score (nSPS) is 10.7. The highest BCUT2D eigenvalue weighted by Crippen LogP contribution is 2.29. The smallest absolute Gasteiger partial charge is 0.126 e. The number of benzene rings is 1. The van der Waals surface area contributed by atoms with Crippen molar-refractivity contribution < 1.29 is 5.11 Å². The first-order valence-electron chi connectivity index (χ1n) is 5.75. The number of hydrogen-bond donors (Lipinski definition) is 1. The zero-order valence-corrected chi connectivity index (χ0v) is 9.96. The SMILES string of the molecule is Cc1cc(O)c2cc(-c3ccncc3)ccc2n1. The number of rotatable bonds is 1. The second-order valence-corrected chi connectivity index (χ2v) is 4.25. The molecule has 3 aromatic rings. The molecule has 0 saturated heterocycles. The van der Waals surface area contributed by atoms with E-state index in [0.29, 0.717) is 0 Å². The summed E-state index contributed by atoms with van der Waals surface area (Å²) < 4.78 is 0. The molecule has 2 heterocycles. The molecule has 0 fully saturated rings. The Morgan fingerprint density at radius 3 is 2.50 bits per heavy atom. The van der Waals surface area contributed by atoms with Crippen LogP contribution in [-0.2, 0) is 0 Å². The summed E-state index contributed by atoms with van der Waals surface area (Å²) in [6.07, 6.45) is 3.51. The first-order valence-corrected chi connectivity index (χ1v) is 5.75. The molecular formula is C15H12N2O. The van der Waals surface area contributed by atoms with E-state index < -0.39 is 0 Å². The van der Waals surface area contributed by atoms with E-state index in [4.69, 9.17) is 0 Å².